The number of amides is 2. The molecule has 118 valence electrons. The lowest BCUT2D eigenvalue weighted by Crippen LogP contribution is -2.40. The number of nitrogens with one attached hydrogen (secondary N) is 1. The monoisotopic (exact) mass is 301 g/mol. The van der Waals surface area contributed by atoms with Gasteiger partial charge in [0, 0.05) is 43.9 Å². The highest BCUT2D eigenvalue weighted by molar-refractivity contribution is 5.98. The fraction of sp³-hybridized carbons (Fsp3) is 0.529. The Hall–Kier alpha value is -1.88. The van der Waals surface area contributed by atoms with Gasteiger partial charge in [-0.3, -0.25) is 9.59 Å². The molecule has 5 heteroatoms. The first-order valence-corrected chi connectivity index (χ1v) is 7.98. The van der Waals surface area contributed by atoms with E-state index in [1.54, 1.807) is 11.8 Å². The van der Waals surface area contributed by atoms with Crippen LogP contribution in [0.3, 0.4) is 0 Å². The molecule has 1 saturated heterocycles. The molecule has 1 unspecified atom stereocenters. The maximum Gasteiger partial charge on any atom is 0.254 e. The lowest BCUT2D eigenvalue weighted by molar-refractivity contribution is -0.116. The number of anilines is 1. The number of likely N-dealkylation sites (N-methyl/N-ethyl adjacent to an activating group) is 1. The van der Waals surface area contributed by atoms with Crippen LogP contribution in [0.2, 0.25) is 0 Å². The predicted octanol–water partition coefficient (Wildman–Crippen LogP) is 1.42. The highest BCUT2D eigenvalue weighted by atomic mass is 16.2. The van der Waals surface area contributed by atoms with Crippen molar-refractivity contribution in [3.05, 3.63) is 29.3 Å². The molecule has 1 N–H and O–H groups in total. The minimum absolute atomic E-state index is 0.0615. The standard InChI is InChI=1S/C17H23N3O2/c1-12(21)19-9-7-13-10-14(5-6-16(13)19)17(22)20-8-3-4-15(20)11-18-2/h5-6,10,15,18H,3-4,7-9,11H2,1-2H3. The first kappa shape index (κ1) is 15.0. The van der Waals surface area contributed by atoms with E-state index >= 15 is 0 Å². The molecule has 3 rings (SSSR count). The molecule has 1 atom stereocenters. The van der Waals surface area contributed by atoms with Crippen LogP contribution >= 0.6 is 0 Å². The van der Waals surface area contributed by atoms with Crippen LogP contribution in [0.15, 0.2) is 18.2 Å². The van der Waals surface area contributed by atoms with Crippen LogP contribution in [0.25, 0.3) is 0 Å². The van der Waals surface area contributed by atoms with Gasteiger partial charge in [0.1, 0.15) is 0 Å². The van der Waals surface area contributed by atoms with Crippen molar-refractivity contribution in [2.75, 3.05) is 31.6 Å². The lowest BCUT2D eigenvalue weighted by atomic mass is 10.1. The summed E-state index contributed by atoms with van der Waals surface area (Å²) in [6.07, 6.45) is 2.97. The number of rotatable bonds is 3. The van der Waals surface area contributed by atoms with E-state index in [9.17, 15) is 9.59 Å². The molecule has 0 bridgehead atoms. The summed E-state index contributed by atoms with van der Waals surface area (Å²) in [6, 6.07) is 6.03. The Bertz CT molecular complexity index is 600. The molecule has 2 amide bonds. The van der Waals surface area contributed by atoms with Gasteiger partial charge in [0.25, 0.3) is 5.91 Å². The maximum absolute atomic E-state index is 12.8. The van der Waals surface area contributed by atoms with Crippen LogP contribution in [0, 0.1) is 0 Å². The van der Waals surface area contributed by atoms with E-state index < -0.39 is 0 Å². The Morgan fingerprint density at radius 2 is 2.14 bits per heavy atom. The van der Waals surface area contributed by atoms with Crippen molar-refractivity contribution in [2.45, 2.75) is 32.2 Å². The summed E-state index contributed by atoms with van der Waals surface area (Å²) < 4.78 is 0. The van der Waals surface area contributed by atoms with Crippen LogP contribution < -0.4 is 10.2 Å². The third-order valence-corrected chi connectivity index (χ3v) is 4.68. The number of likely N-dealkylation sites (tertiary alicyclic amines) is 1. The third-order valence-electron chi connectivity index (χ3n) is 4.68. The minimum Gasteiger partial charge on any atom is -0.334 e. The molecule has 1 fully saturated rings. The van der Waals surface area contributed by atoms with Crippen LogP contribution in [0.4, 0.5) is 5.69 Å². The summed E-state index contributed by atoms with van der Waals surface area (Å²) in [5, 5.41) is 3.17. The summed E-state index contributed by atoms with van der Waals surface area (Å²) in [4.78, 5) is 28.1. The fourth-order valence-corrected chi connectivity index (χ4v) is 3.58. The first-order valence-electron chi connectivity index (χ1n) is 7.98. The molecule has 2 heterocycles. The van der Waals surface area contributed by atoms with Crippen molar-refractivity contribution >= 4 is 17.5 Å². The largest absolute Gasteiger partial charge is 0.334 e. The fourth-order valence-electron chi connectivity index (χ4n) is 3.58. The molecule has 0 radical (unpaired) electrons. The summed E-state index contributed by atoms with van der Waals surface area (Å²) in [6.45, 7) is 3.98. The zero-order chi connectivity index (χ0) is 15.7. The number of carbonyl (C=O) groups is 2. The van der Waals surface area contributed by atoms with Crippen molar-refractivity contribution < 1.29 is 9.59 Å². The van der Waals surface area contributed by atoms with Crippen LogP contribution in [-0.4, -0.2) is 49.4 Å². The Labute approximate surface area is 131 Å². The second-order valence-corrected chi connectivity index (χ2v) is 6.12. The van der Waals surface area contributed by atoms with Crippen LogP contribution in [0.1, 0.15) is 35.7 Å². The highest BCUT2D eigenvalue weighted by Crippen LogP contribution is 2.30. The Morgan fingerprint density at radius 1 is 1.32 bits per heavy atom. The first-order chi connectivity index (χ1) is 10.6. The smallest absolute Gasteiger partial charge is 0.254 e. The molecule has 0 aliphatic carbocycles. The summed E-state index contributed by atoms with van der Waals surface area (Å²) in [5.74, 6) is 0.174. The Kier molecular flexibility index (Phi) is 4.16. The number of nitrogens with zero attached hydrogens (tertiary/aromatic N) is 2. The topological polar surface area (TPSA) is 52.7 Å². The maximum atomic E-state index is 12.8. The van der Waals surface area contributed by atoms with Gasteiger partial charge in [-0.2, -0.15) is 0 Å². The van der Waals surface area contributed by atoms with Gasteiger partial charge in [-0.15, -0.1) is 0 Å². The molecule has 0 aromatic heterocycles. The predicted molar refractivity (Wildman–Crippen MR) is 86.2 cm³/mol. The van der Waals surface area contributed by atoms with Crippen molar-refractivity contribution in [3.8, 4) is 0 Å². The Balaban J connectivity index is 1.81. The van der Waals surface area contributed by atoms with Crippen molar-refractivity contribution in [2.24, 2.45) is 0 Å². The van der Waals surface area contributed by atoms with Gasteiger partial charge in [-0.1, -0.05) is 0 Å². The number of hydrogen-bond donors (Lipinski definition) is 1. The molecular weight excluding hydrogens is 278 g/mol. The van der Waals surface area contributed by atoms with E-state index in [4.69, 9.17) is 0 Å². The second kappa shape index (κ2) is 6.08. The van der Waals surface area contributed by atoms with Gasteiger partial charge in [-0.05, 0) is 50.1 Å². The normalized spacial score (nSPS) is 20.4. The van der Waals surface area contributed by atoms with E-state index in [1.807, 2.05) is 30.1 Å². The van der Waals surface area contributed by atoms with Gasteiger partial charge >= 0.3 is 0 Å². The number of fused-ring (bicyclic) bond motifs is 1. The molecule has 2 aliphatic heterocycles. The lowest BCUT2D eigenvalue weighted by Gasteiger charge is -2.25. The molecule has 1 aromatic carbocycles. The van der Waals surface area contributed by atoms with Crippen LogP contribution in [-0.2, 0) is 11.2 Å². The van der Waals surface area contributed by atoms with Gasteiger partial charge in [0.2, 0.25) is 5.91 Å². The molecule has 5 nitrogen and oxygen atoms in total. The number of carbonyl (C=O) groups excluding carboxylic acids is 2. The molecular formula is C17H23N3O2. The third kappa shape index (κ3) is 2.61. The van der Waals surface area contributed by atoms with Crippen molar-refractivity contribution in [1.29, 1.82) is 0 Å². The van der Waals surface area contributed by atoms with Crippen LogP contribution in [0.5, 0.6) is 0 Å². The molecule has 0 spiro atoms. The highest BCUT2D eigenvalue weighted by Gasteiger charge is 2.30. The summed E-state index contributed by atoms with van der Waals surface area (Å²) in [5.41, 5.74) is 2.80. The molecule has 1 aromatic rings. The van der Waals surface area contributed by atoms with Gasteiger partial charge in [0.15, 0.2) is 0 Å². The van der Waals surface area contributed by atoms with Crippen molar-refractivity contribution in [3.63, 3.8) is 0 Å². The SMILES string of the molecule is CNCC1CCCN1C(=O)c1ccc2c(c1)CCN2C(C)=O. The van der Waals surface area contributed by atoms with E-state index in [-0.39, 0.29) is 11.8 Å². The molecule has 22 heavy (non-hydrogen) atoms. The Morgan fingerprint density at radius 3 is 2.86 bits per heavy atom. The average Bonchev–Trinajstić information content (AvgIpc) is 3.12. The van der Waals surface area contributed by atoms with Crippen molar-refractivity contribution in [1.82, 2.24) is 10.2 Å². The van der Waals surface area contributed by atoms with E-state index in [0.29, 0.717) is 12.6 Å². The minimum atomic E-state index is 0.0615. The summed E-state index contributed by atoms with van der Waals surface area (Å²) >= 11 is 0. The van der Waals surface area contributed by atoms with Gasteiger partial charge in [0.05, 0.1) is 0 Å². The van der Waals surface area contributed by atoms with E-state index in [1.165, 1.54) is 0 Å². The number of benzene rings is 1. The van der Waals surface area contributed by atoms with E-state index in [2.05, 4.69) is 5.32 Å². The summed E-state index contributed by atoms with van der Waals surface area (Å²) in [7, 11) is 1.92. The average molecular weight is 301 g/mol. The van der Waals surface area contributed by atoms with E-state index in [0.717, 1.165) is 49.2 Å². The molecule has 0 saturated carbocycles. The quantitative estimate of drug-likeness (QED) is 0.918. The van der Waals surface area contributed by atoms with Gasteiger partial charge in [-0.25, -0.2) is 0 Å². The zero-order valence-electron chi connectivity index (χ0n) is 13.3. The van der Waals surface area contributed by atoms with Gasteiger partial charge < -0.3 is 15.1 Å². The second-order valence-electron chi connectivity index (χ2n) is 6.12. The number of hydrogen-bond acceptors (Lipinski definition) is 3. The molecule has 2 aliphatic rings. The zero-order valence-corrected chi connectivity index (χ0v) is 13.3.